The van der Waals surface area contributed by atoms with Gasteiger partial charge in [-0.2, -0.15) is 0 Å². The summed E-state index contributed by atoms with van der Waals surface area (Å²) in [4.78, 5) is 3.89. The largest absolute Gasteiger partial charge is 0.373 e. The van der Waals surface area contributed by atoms with Gasteiger partial charge in [0.25, 0.3) is 0 Å². The lowest BCUT2D eigenvalue weighted by atomic mass is 9.87. The Morgan fingerprint density at radius 3 is 2.78 bits per heavy atom. The molecule has 1 heterocycles. The summed E-state index contributed by atoms with van der Waals surface area (Å²) in [5.74, 6) is 5.32. The van der Waals surface area contributed by atoms with Crippen molar-refractivity contribution in [3.63, 3.8) is 0 Å². The van der Waals surface area contributed by atoms with Crippen LogP contribution in [0.4, 0.5) is 4.39 Å². The summed E-state index contributed by atoms with van der Waals surface area (Å²) in [5.41, 5.74) is 3.19. The summed E-state index contributed by atoms with van der Waals surface area (Å²) in [6.45, 7) is 2.60. The molecule has 0 aromatic carbocycles. The van der Waals surface area contributed by atoms with Gasteiger partial charge in [0.05, 0.1) is 17.8 Å². The molecule has 1 unspecified atom stereocenters. The van der Waals surface area contributed by atoms with E-state index in [9.17, 15) is 4.39 Å². The molecule has 1 aliphatic rings. The number of pyridine rings is 1. The highest BCUT2D eigenvalue weighted by Crippen LogP contribution is 2.42. The Balaban J connectivity index is 2.31. The Hall–Kier alpha value is -1.04. The summed E-state index contributed by atoms with van der Waals surface area (Å²) in [7, 11) is 0. The molecule has 0 amide bonds. The van der Waals surface area contributed by atoms with E-state index >= 15 is 0 Å². The summed E-state index contributed by atoms with van der Waals surface area (Å²) >= 11 is 0. The van der Waals surface area contributed by atoms with E-state index in [1.165, 1.54) is 12.3 Å². The van der Waals surface area contributed by atoms with Crippen molar-refractivity contribution in [2.75, 3.05) is 6.61 Å². The van der Waals surface area contributed by atoms with Crippen LogP contribution in [0.3, 0.4) is 0 Å². The van der Waals surface area contributed by atoms with Gasteiger partial charge in [-0.05, 0) is 31.4 Å². The van der Waals surface area contributed by atoms with Crippen molar-refractivity contribution in [3.05, 3.63) is 29.8 Å². The van der Waals surface area contributed by atoms with E-state index in [4.69, 9.17) is 10.6 Å². The second-order valence-corrected chi connectivity index (χ2v) is 4.74. The van der Waals surface area contributed by atoms with Crippen molar-refractivity contribution in [2.24, 2.45) is 5.84 Å². The molecule has 1 fully saturated rings. The van der Waals surface area contributed by atoms with Crippen LogP contribution in [0, 0.1) is 5.82 Å². The molecule has 0 aliphatic heterocycles. The standard InChI is InChI=1S/C13H20FN3O/c1-2-18-13(5-3-4-6-13)12(17-15)10-7-11(14)9-16-8-10/h7-9,12,17H,2-6,15H2,1H3. The minimum Gasteiger partial charge on any atom is -0.373 e. The summed E-state index contributed by atoms with van der Waals surface area (Å²) < 4.78 is 19.2. The predicted molar refractivity (Wildman–Crippen MR) is 67.1 cm³/mol. The zero-order chi connectivity index (χ0) is 13.0. The van der Waals surface area contributed by atoms with Gasteiger partial charge in [-0.3, -0.25) is 16.3 Å². The number of ether oxygens (including phenoxy) is 1. The van der Waals surface area contributed by atoms with Gasteiger partial charge < -0.3 is 4.74 Å². The summed E-state index contributed by atoms with van der Waals surface area (Å²) in [6.07, 6.45) is 6.94. The second kappa shape index (κ2) is 5.73. The molecule has 1 saturated carbocycles. The van der Waals surface area contributed by atoms with E-state index in [2.05, 4.69) is 10.4 Å². The van der Waals surface area contributed by atoms with E-state index < -0.39 is 0 Å². The zero-order valence-electron chi connectivity index (χ0n) is 10.7. The van der Waals surface area contributed by atoms with E-state index in [-0.39, 0.29) is 17.5 Å². The summed E-state index contributed by atoms with van der Waals surface area (Å²) in [6, 6.07) is 1.25. The third-order valence-corrected chi connectivity index (χ3v) is 3.63. The molecule has 18 heavy (non-hydrogen) atoms. The molecule has 100 valence electrons. The maximum Gasteiger partial charge on any atom is 0.141 e. The fraction of sp³-hybridized carbons (Fsp3) is 0.615. The molecule has 1 atom stereocenters. The normalized spacial score (nSPS) is 19.9. The number of halogens is 1. The molecule has 0 saturated heterocycles. The Kier molecular flexibility index (Phi) is 4.27. The first-order valence-corrected chi connectivity index (χ1v) is 6.42. The molecule has 2 rings (SSSR count). The van der Waals surface area contributed by atoms with Crippen LogP contribution < -0.4 is 11.3 Å². The number of nitrogens with zero attached hydrogens (tertiary/aromatic N) is 1. The van der Waals surface area contributed by atoms with Crippen molar-refractivity contribution in [1.82, 2.24) is 10.4 Å². The van der Waals surface area contributed by atoms with Crippen LogP contribution in [0.2, 0.25) is 0 Å². The lowest BCUT2D eigenvalue weighted by Crippen LogP contribution is -2.47. The van der Waals surface area contributed by atoms with Gasteiger partial charge in [-0.15, -0.1) is 0 Å². The maximum atomic E-state index is 13.3. The van der Waals surface area contributed by atoms with E-state index in [0.717, 1.165) is 31.2 Å². The van der Waals surface area contributed by atoms with Gasteiger partial charge in [0.1, 0.15) is 5.82 Å². The highest BCUT2D eigenvalue weighted by atomic mass is 19.1. The fourth-order valence-electron chi connectivity index (χ4n) is 2.92. The highest BCUT2D eigenvalue weighted by Gasteiger charge is 2.42. The number of aromatic nitrogens is 1. The number of nitrogens with one attached hydrogen (secondary N) is 1. The minimum absolute atomic E-state index is 0.219. The van der Waals surface area contributed by atoms with Gasteiger partial charge in [0.15, 0.2) is 0 Å². The number of hydrogen-bond acceptors (Lipinski definition) is 4. The van der Waals surface area contributed by atoms with Gasteiger partial charge in [0.2, 0.25) is 0 Å². The fourth-order valence-corrected chi connectivity index (χ4v) is 2.92. The first-order valence-electron chi connectivity index (χ1n) is 6.42. The zero-order valence-corrected chi connectivity index (χ0v) is 10.7. The maximum absolute atomic E-state index is 13.3. The molecule has 0 radical (unpaired) electrons. The van der Waals surface area contributed by atoms with Crippen LogP contribution in [0.1, 0.15) is 44.2 Å². The number of rotatable bonds is 5. The smallest absolute Gasteiger partial charge is 0.141 e. The second-order valence-electron chi connectivity index (χ2n) is 4.74. The van der Waals surface area contributed by atoms with Crippen LogP contribution >= 0.6 is 0 Å². The van der Waals surface area contributed by atoms with Crippen LogP contribution in [0.25, 0.3) is 0 Å². The van der Waals surface area contributed by atoms with E-state index in [0.29, 0.717) is 6.61 Å². The number of nitrogens with two attached hydrogens (primary N) is 1. The Bertz CT molecular complexity index is 394. The minimum atomic E-state index is -0.350. The Morgan fingerprint density at radius 1 is 1.50 bits per heavy atom. The van der Waals surface area contributed by atoms with Crippen molar-refractivity contribution in [3.8, 4) is 0 Å². The molecular formula is C13H20FN3O. The average molecular weight is 253 g/mol. The topological polar surface area (TPSA) is 60.2 Å². The van der Waals surface area contributed by atoms with E-state index in [1.807, 2.05) is 6.92 Å². The predicted octanol–water partition coefficient (Wildman–Crippen LogP) is 2.07. The van der Waals surface area contributed by atoms with E-state index in [1.54, 1.807) is 6.20 Å². The SMILES string of the molecule is CCOC1(C(NN)c2cncc(F)c2)CCCC1. The molecule has 0 bridgehead atoms. The molecule has 4 nitrogen and oxygen atoms in total. The molecule has 0 spiro atoms. The van der Waals surface area contributed by atoms with Gasteiger partial charge >= 0.3 is 0 Å². The molecule has 1 aromatic rings. The third-order valence-electron chi connectivity index (χ3n) is 3.63. The van der Waals surface area contributed by atoms with Crippen molar-refractivity contribution < 1.29 is 9.13 Å². The van der Waals surface area contributed by atoms with Crippen LogP contribution in [0.15, 0.2) is 18.5 Å². The van der Waals surface area contributed by atoms with Gasteiger partial charge in [-0.1, -0.05) is 12.8 Å². The van der Waals surface area contributed by atoms with Crippen LogP contribution in [0.5, 0.6) is 0 Å². The summed E-state index contributed by atoms with van der Waals surface area (Å²) in [5, 5.41) is 0. The van der Waals surface area contributed by atoms with Crippen molar-refractivity contribution in [2.45, 2.75) is 44.2 Å². The Morgan fingerprint density at radius 2 is 2.22 bits per heavy atom. The van der Waals surface area contributed by atoms with Crippen LogP contribution in [-0.4, -0.2) is 17.2 Å². The first-order chi connectivity index (χ1) is 8.72. The Labute approximate surface area is 107 Å². The van der Waals surface area contributed by atoms with Gasteiger partial charge in [0, 0.05) is 12.8 Å². The lowest BCUT2D eigenvalue weighted by Gasteiger charge is -2.37. The quantitative estimate of drug-likeness (QED) is 0.623. The third kappa shape index (κ3) is 2.53. The van der Waals surface area contributed by atoms with Crippen LogP contribution in [-0.2, 0) is 4.74 Å². The molecule has 3 N–H and O–H groups in total. The molecular weight excluding hydrogens is 233 g/mol. The van der Waals surface area contributed by atoms with Crippen molar-refractivity contribution in [1.29, 1.82) is 0 Å². The molecule has 5 heteroatoms. The molecule has 1 aliphatic carbocycles. The lowest BCUT2D eigenvalue weighted by molar-refractivity contribution is -0.0628. The molecule has 1 aromatic heterocycles. The number of hydrogen-bond donors (Lipinski definition) is 2. The van der Waals surface area contributed by atoms with Crippen molar-refractivity contribution >= 4 is 0 Å². The van der Waals surface area contributed by atoms with Gasteiger partial charge in [-0.25, -0.2) is 4.39 Å². The average Bonchev–Trinajstić information content (AvgIpc) is 2.80. The monoisotopic (exact) mass is 253 g/mol. The number of hydrazine groups is 1. The highest BCUT2D eigenvalue weighted by molar-refractivity contribution is 5.20. The first kappa shape index (κ1) is 13.4.